The maximum Gasteiger partial charge on any atom is 0.185 e. The molecule has 1 aliphatic rings. The summed E-state index contributed by atoms with van der Waals surface area (Å²) in [4.78, 5) is 6.98. The molecular weight excluding hydrogens is 272 g/mol. The van der Waals surface area contributed by atoms with Crippen LogP contribution in [0.3, 0.4) is 0 Å². The number of aromatic nitrogens is 1. The zero-order valence-electron chi connectivity index (χ0n) is 11.4. The molecular formula is C15H18N2O2S. The monoisotopic (exact) mass is 290 g/mol. The minimum absolute atomic E-state index is 0.103. The first-order valence-corrected chi connectivity index (χ1v) is 7.74. The van der Waals surface area contributed by atoms with E-state index in [1.807, 2.05) is 5.38 Å². The molecule has 1 fully saturated rings. The van der Waals surface area contributed by atoms with Crippen LogP contribution in [0.25, 0.3) is 11.3 Å². The van der Waals surface area contributed by atoms with E-state index in [0.29, 0.717) is 0 Å². The third-order valence-corrected chi connectivity index (χ3v) is 4.72. The first-order valence-electron chi connectivity index (χ1n) is 6.86. The van der Waals surface area contributed by atoms with Crippen molar-refractivity contribution in [2.75, 3.05) is 18.0 Å². The molecule has 1 aliphatic heterocycles. The number of hydrogen-bond donors (Lipinski definition) is 2. The zero-order valence-corrected chi connectivity index (χ0v) is 12.2. The smallest absolute Gasteiger partial charge is 0.185 e. The molecule has 0 amide bonds. The Morgan fingerprint density at radius 1 is 1.20 bits per heavy atom. The van der Waals surface area contributed by atoms with Gasteiger partial charge < -0.3 is 15.1 Å². The number of aromatic hydroxyl groups is 2. The number of anilines is 1. The fraction of sp³-hybridized carbons (Fsp3) is 0.400. The van der Waals surface area contributed by atoms with E-state index in [0.717, 1.165) is 35.4 Å². The largest absolute Gasteiger partial charge is 0.504 e. The minimum Gasteiger partial charge on any atom is -0.504 e. The van der Waals surface area contributed by atoms with E-state index in [1.54, 1.807) is 23.5 Å². The molecule has 3 rings (SSSR count). The first kappa shape index (κ1) is 13.2. The molecule has 0 saturated carbocycles. The quantitative estimate of drug-likeness (QED) is 0.832. The van der Waals surface area contributed by atoms with Crippen molar-refractivity contribution in [2.24, 2.45) is 5.92 Å². The number of rotatable bonds is 2. The van der Waals surface area contributed by atoms with Crippen molar-refractivity contribution in [1.82, 2.24) is 4.98 Å². The summed E-state index contributed by atoms with van der Waals surface area (Å²) in [6.45, 7) is 4.42. The summed E-state index contributed by atoms with van der Waals surface area (Å²) >= 11 is 1.63. The maximum absolute atomic E-state index is 9.56. The molecule has 5 heteroatoms. The summed E-state index contributed by atoms with van der Waals surface area (Å²) in [7, 11) is 0. The molecule has 1 saturated heterocycles. The summed E-state index contributed by atoms with van der Waals surface area (Å²) in [5, 5.41) is 22.0. The third-order valence-electron chi connectivity index (χ3n) is 3.82. The Kier molecular flexibility index (Phi) is 3.53. The third kappa shape index (κ3) is 2.58. The Hall–Kier alpha value is -1.75. The second kappa shape index (κ2) is 5.32. The summed E-state index contributed by atoms with van der Waals surface area (Å²) < 4.78 is 0. The molecule has 0 radical (unpaired) electrons. The molecule has 0 atom stereocenters. The summed E-state index contributed by atoms with van der Waals surface area (Å²) in [6, 6.07) is 4.81. The Morgan fingerprint density at radius 2 is 1.95 bits per heavy atom. The van der Waals surface area contributed by atoms with Crippen LogP contribution < -0.4 is 4.90 Å². The molecule has 106 valence electrons. The average molecular weight is 290 g/mol. The number of phenols is 2. The van der Waals surface area contributed by atoms with Crippen molar-refractivity contribution in [3.8, 4) is 22.8 Å². The van der Waals surface area contributed by atoms with Gasteiger partial charge in [0.05, 0.1) is 5.69 Å². The number of benzene rings is 1. The molecule has 1 aromatic carbocycles. The predicted octanol–water partition coefficient (Wildman–Crippen LogP) is 3.46. The van der Waals surface area contributed by atoms with Gasteiger partial charge in [0.2, 0.25) is 0 Å². The molecule has 2 N–H and O–H groups in total. The van der Waals surface area contributed by atoms with Crippen molar-refractivity contribution in [3.05, 3.63) is 23.6 Å². The summed E-state index contributed by atoms with van der Waals surface area (Å²) in [5.74, 6) is 0.595. The lowest BCUT2D eigenvalue weighted by atomic mass is 10.00. The Labute approximate surface area is 122 Å². The standard InChI is InChI=1S/C15H18N2O2S/c1-10-4-6-17(7-5-10)15-16-12(9-20-15)11-2-3-13(18)14(19)8-11/h2-3,8-10,18-19H,4-7H2,1H3. The van der Waals surface area contributed by atoms with Gasteiger partial charge in [-0.25, -0.2) is 4.98 Å². The maximum atomic E-state index is 9.56. The Morgan fingerprint density at radius 3 is 2.65 bits per heavy atom. The van der Waals surface area contributed by atoms with E-state index >= 15 is 0 Å². The van der Waals surface area contributed by atoms with Crippen molar-refractivity contribution in [2.45, 2.75) is 19.8 Å². The highest BCUT2D eigenvalue weighted by molar-refractivity contribution is 7.14. The minimum atomic E-state index is -0.108. The van der Waals surface area contributed by atoms with Gasteiger partial charge in [0.15, 0.2) is 16.6 Å². The van der Waals surface area contributed by atoms with Gasteiger partial charge in [0, 0.05) is 24.0 Å². The molecule has 4 nitrogen and oxygen atoms in total. The highest BCUT2D eigenvalue weighted by Gasteiger charge is 2.18. The number of phenolic OH excluding ortho intramolecular Hbond substituents is 2. The van der Waals surface area contributed by atoms with Crippen LogP contribution in [-0.2, 0) is 0 Å². The van der Waals surface area contributed by atoms with Gasteiger partial charge in [-0.2, -0.15) is 0 Å². The molecule has 20 heavy (non-hydrogen) atoms. The second-order valence-electron chi connectivity index (χ2n) is 5.39. The van der Waals surface area contributed by atoms with Gasteiger partial charge in [0.25, 0.3) is 0 Å². The van der Waals surface area contributed by atoms with Gasteiger partial charge in [-0.15, -0.1) is 11.3 Å². The highest BCUT2D eigenvalue weighted by Crippen LogP contribution is 2.33. The number of nitrogens with zero attached hydrogens (tertiary/aromatic N) is 2. The predicted molar refractivity (Wildman–Crippen MR) is 81.5 cm³/mol. The fourth-order valence-corrected chi connectivity index (χ4v) is 3.31. The van der Waals surface area contributed by atoms with Crippen LogP contribution in [0.4, 0.5) is 5.13 Å². The van der Waals surface area contributed by atoms with Crippen LogP contribution in [0.5, 0.6) is 11.5 Å². The van der Waals surface area contributed by atoms with E-state index in [9.17, 15) is 10.2 Å². The van der Waals surface area contributed by atoms with Gasteiger partial charge >= 0.3 is 0 Å². The van der Waals surface area contributed by atoms with Crippen LogP contribution in [0.1, 0.15) is 19.8 Å². The van der Waals surface area contributed by atoms with E-state index in [1.165, 1.54) is 18.9 Å². The van der Waals surface area contributed by atoms with Crippen LogP contribution in [0.2, 0.25) is 0 Å². The van der Waals surface area contributed by atoms with Gasteiger partial charge in [-0.05, 0) is 37.0 Å². The zero-order chi connectivity index (χ0) is 14.1. The van der Waals surface area contributed by atoms with Crippen molar-refractivity contribution in [1.29, 1.82) is 0 Å². The molecule has 2 aromatic rings. The van der Waals surface area contributed by atoms with E-state index in [4.69, 9.17) is 0 Å². The van der Waals surface area contributed by atoms with E-state index in [2.05, 4.69) is 16.8 Å². The van der Waals surface area contributed by atoms with Gasteiger partial charge in [0.1, 0.15) is 0 Å². The Bertz CT molecular complexity index is 604. The normalized spacial score (nSPS) is 16.6. The van der Waals surface area contributed by atoms with Crippen LogP contribution in [0.15, 0.2) is 23.6 Å². The number of piperidine rings is 1. The van der Waals surface area contributed by atoms with Gasteiger partial charge in [-0.3, -0.25) is 0 Å². The first-order chi connectivity index (χ1) is 9.63. The number of thiazole rings is 1. The van der Waals surface area contributed by atoms with Crippen molar-refractivity contribution < 1.29 is 10.2 Å². The van der Waals surface area contributed by atoms with E-state index in [-0.39, 0.29) is 11.5 Å². The lowest BCUT2D eigenvalue weighted by molar-refractivity contribution is 0.404. The molecule has 0 bridgehead atoms. The molecule has 0 unspecified atom stereocenters. The lowest BCUT2D eigenvalue weighted by Crippen LogP contribution is -2.32. The topological polar surface area (TPSA) is 56.6 Å². The number of hydrogen-bond acceptors (Lipinski definition) is 5. The van der Waals surface area contributed by atoms with Crippen molar-refractivity contribution >= 4 is 16.5 Å². The molecule has 1 aromatic heterocycles. The SMILES string of the molecule is CC1CCN(c2nc(-c3ccc(O)c(O)c3)cs2)CC1. The average Bonchev–Trinajstić information content (AvgIpc) is 2.92. The van der Waals surface area contributed by atoms with Gasteiger partial charge in [-0.1, -0.05) is 6.92 Å². The molecule has 0 aliphatic carbocycles. The summed E-state index contributed by atoms with van der Waals surface area (Å²) in [6.07, 6.45) is 2.43. The van der Waals surface area contributed by atoms with Crippen LogP contribution in [0, 0.1) is 5.92 Å². The fourth-order valence-electron chi connectivity index (χ4n) is 2.42. The lowest BCUT2D eigenvalue weighted by Gasteiger charge is -2.29. The van der Waals surface area contributed by atoms with Crippen molar-refractivity contribution in [3.63, 3.8) is 0 Å². The van der Waals surface area contributed by atoms with E-state index < -0.39 is 0 Å². The molecule has 0 spiro atoms. The summed E-state index contributed by atoms with van der Waals surface area (Å²) in [5.41, 5.74) is 1.67. The highest BCUT2D eigenvalue weighted by atomic mass is 32.1. The second-order valence-corrected chi connectivity index (χ2v) is 6.22. The Balaban J connectivity index is 1.81. The van der Waals surface area contributed by atoms with Crippen LogP contribution in [-0.4, -0.2) is 28.3 Å². The molecule has 2 heterocycles. The van der Waals surface area contributed by atoms with Crippen LogP contribution >= 0.6 is 11.3 Å².